The molecule has 4 nitrogen and oxygen atoms in total. The summed E-state index contributed by atoms with van der Waals surface area (Å²) in [5, 5.41) is 9.03. The van der Waals surface area contributed by atoms with Crippen LogP contribution < -0.4 is 4.74 Å². The lowest BCUT2D eigenvalue weighted by Crippen LogP contribution is -2.60. The van der Waals surface area contributed by atoms with Gasteiger partial charge in [0.2, 0.25) is 5.78 Å². The largest absolute Gasteiger partial charge is 0.490 e. The number of carbonyl (C=O) groups excluding carboxylic acids is 1. The Bertz CT molecular complexity index is 624. The Morgan fingerprint density at radius 3 is 2.04 bits per heavy atom. The molecule has 0 bridgehead atoms. The van der Waals surface area contributed by atoms with Crippen LogP contribution in [0.2, 0.25) is 0 Å². The van der Waals surface area contributed by atoms with Gasteiger partial charge >= 0.3 is 12.4 Å². The van der Waals surface area contributed by atoms with Crippen molar-refractivity contribution in [1.82, 2.24) is 0 Å². The van der Waals surface area contributed by atoms with Gasteiger partial charge in [-0.1, -0.05) is 0 Å². The summed E-state index contributed by atoms with van der Waals surface area (Å²) >= 11 is 0. The average Bonchev–Trinajstić information content (AvgIpc) is 2.59. The summed E-state index contributed by atoms with van der Waals surface area (Å²) in [6, 6.07) is 4.71. The van der Waals surface area contributed by atoms with E-state index in [4.69, 9.17) is 9.84 Å². The molecule has 0 amide bonds. The van der Waals surface area contributed by atoms with Crippen molar-refractivity contribution in [2.75, 3.05) is 37.1 Å². The van der Waals surface area contributed by atoms with Crippen molar-refractivity contribution in [1.29, 1.82) is 0 Å². The van der Waals surface area contributed by atoms with Gasteiger partial charge in [0.05, 0.1) is 13.2 Å². The van der Waals surface area contributed by atoms with Crippen molar-refractivity contribution in [2.45, 2.75) is 18.0 Å². The number of hydrogen-bond donors (Lipinski definition) is 1. The third-order valence-corrected chi connectivity index (χ3v) is 6.09. The minimum Gasteiger partial charge on any atom is -0.490 e. The molecule has 0 atom stereocenters. The Morgan fingerprint density at radius 2 is 1.56 bits per heavy atom. The van der Waals surface area contributed by atoms with Crippen molar-refractivity contribution < 1.29 is 45.7 Å². The summed E-state index contributed by atoms with van der Waals surface area (Å²) in [6.45, 7) is -0.869. The third-order valence-electron chi connectivity index (χ3n) is 3.93. The van der Waals surface area contributed by atoms with Gasteiger partial charge in [0.25, 0.3) is 5.60 Å². The summed E-state index contributed by atoms with van der Waals surface area (Å²) in [6.07, 6.45) is -11.9. The van der Waals surface area contributed by atoms with Crippen LogP contribution in [0.15, 0.2) is 24.3 Å². The van der Waals surface area contributed by atoms with Crippen LogP contribution in [0.25, 0.3) is 0 Å². The average molecular weight is 419 g/mol. The molecule has 0 saturated carbocycles. The van der Waals surface area contributed by atoms with Gasteiger partial charge in [0.15, 0.2) is 5.75 Å². The molecule has 1 aromatic rings. The number of ether oxygens (including phenoxy) is 2. The highest BCUT2D eigenvalue weighted by Gasteiger charge is 2.71. The van der Waals surface area contributed by atoms with E-state index in [-0.39, 0.29) is 28.0 Å². The topological polar surface area (TPSA) is 55.8 Å². The SMILES string of the molecule is O=C(C[S+]1CCOCC1)c1ccc(OCC(O)(C(F)(F)F)C(F)(F)F)cc1. The summed E-state index contributed by atoms with van der Waals surface area (Å²) in [5.41, 5.74) is -4.71. The van der Waals surface area contributed by atoms with Crippen molar-refractivity contribution in [2.24, 2.45) is 0 Å². The van der Waals surface area contributed by atoms with Crippen LogP contribution in [-0.2, 0) is 15.6 Å². The molecule has 0 spiro atoms. The maximum Gasteiger partial charge on any atom is 0.429 e. The lowest BCUT2D eigenvalue weighted by atomic mass is 10.0. The molecule has 1 aliphatic heterocycles. The van der Waals surface area contributed by atoms with E-state index < -0.39 is 24.6 Å². The van der Waals surface area contributed by atoms with Crippen LogP contribution in [0.1, 0.15) is 10.4 Å². The molecule has 27 heavy (non-hydrogen) atoms. The third kappa shape index (κ3) is 5.29. The van der Waals surface area contributed by atoms with Crippen molar-refractivity contribution in [3.8, 4) is 5.75 Å². The highest BCUT2D eigenvalue weighted by atomic mass is 32.2. The number of rotatable bonds is 6. The van der Waals surface area contributed by atoms with E-state index in [1.807, 2.05) is 0 Å². The molecule has 0 aromatic heterocycles. The maximum absolute atomic E-state index is 12.6. The molecule has 152 valence electrons. The first-order chi connectivity index (χ1) is 12.4. The number of alkyl halides is 6. The van der Waals surface area contributed by atoms with Crippen molar-refractivity contribution in [3.63, 3.8) is 0 Å². The summed E-state index contributed by atoms with van der Waals surface area (Å²) in [7, 11) is -0.105. The van der Waals surface area contributed by atoms with Gasteiger partial charge in [-0.2, -0.15) is 26.3 Å². The molecule has 2 rings (SSSR count). The first kappa shape index (κ1) is 21.8. The van der Waals surface area contributed by atoms with Crippen LogP contribution in [0.4, 0.5) is 26.3 Å². The van der Waals surface area contributed by atoms with E-state index in [0.717, 1.165) is 23.6 Å². The van der Waals surface area contributed by atoms with E-state index >= 15 is 0 Å². The first-order valence-electron chi connectivity index (χ1n) is 7.78. The monoisotopic (exact) mass is 419 g/mol. The number of benzene rings is 1. The van der Waals surface area contributed by atoms with Gasteiger partial charge in [-0.05, 0) is 24.3 Å². The molecular weight excluding hydrogens is 402 g/mol. The van der Waals surface area contributed by atoms with Gasteiger partial charge in [0, 0.05) is 16.5 Å². The summed E-state index contributed by atoms with van der Waals surface area (Å²) in [4.78, 5) is 12.2. The number of aliphatic hydroxyl groups is 1. The smallest absolute Gasteiger partial charge is 0.429 e. The molecular formula is C16H17F6O4S+. The van der Waals surface area contributed by atoms with E-state index in [2.05, 4.69) is 4.74 Å². The zero-order valence-electron chi connectivity index (χ0n) is 13.9. The van der Waals surface area contributed by atoms with E-state index in [1.165, 1.54) is 12.1 Å². The van der Waals surface area contributed by atoms with Crippen LogP contribution in [0.5, 0.6) is 5.75 Å². The summed E-state index contributed by atoms with van der Waals surface area (Å²) < 4.78 is 85.3. The lowest BCUT2D eigenvalue weighted by molar-refractivity contribution is -0.373. The Labute approximate surface area is 153 Å². The quantitative estimate of drug-likeness (QED) is 0.438. The molecule has 1 saturated heterocycles. The minimum absolute atomic E-state index is 0.105. The van der Waals surface area contributed by atoms with Crippen LogP contribution >= 0.6 is 0 Å². The van der Waals surface area contributed by atoms with Gasteiger partial charge in [-0.25, -0.2) is 0 Å². The fraction of sp³-hybridized carbons (Fsp3) is 0.562. The van der Waals surface area contributed by atoms with E-state index in [9.17, 15) is 31.1 Å². The summed E-state index contributed by atoms with van der Waals surface area (Å²) in [5.74, 6) is 1.37. The van der Waals surface area contributed by atoms with Gasteiger partial charge < -0.3 is 14.6 Å². The molecule has 0 radical (unpaired) electrons. The van der Waals surface area contributed by atoms with Gasteiger partial charge in [-0.15, -0.1) is 0 Å². The maximum atomic E-state index is 12.6. The number of carbonyl (C=O) groups is 1. The zero-order chi connectivity index (χ0) is 20.3. The standard InChI is InChI=1S/C16H17F6O4S/c17-15(18,19)14(24,16(20,21)22)10-26-12-3-1-11(2-4-12)13(23)9-27-7-5-25-6-8-27/h1-4,24H,5-10H2/q+1. The van der Waals surface area contributed by atoms with Crippen LogP contribution in [-0.4, -0.2) is 65.9 Å². The highest BCUT2D eigenvalue weighted by Crippen LogP contribution is 2.43. The predicted molar refractivity (Wildman–Crippen MR) is 86.1 cm³/mol. The van der Waals surface area contributed by atoms with Gasteiger partial charge in [-0.3, -0.25) is 4.79 Å². The Morgan fingerprint density at radius 1 is 1.04 bits per heavy atom. The van der Waals surface area contributed by atoms with E-state index in [1.54, 1.807) is 0 Å². The van der Waals surface area contributed by atoms with Crippen LogP contribution in [0.3, 0.4) is 0 Å². The number of Topliss-reactive ketones (excluding diaryl/α,β-unsaturated/α-hetero) is 1. The molecule has 1 N–H and O–H groups in total. The molecule has 0 aliphatic carbocycles. The number of hydrogen-bond acceptors (Lipinski definition) is 4. The number of halogens is 6. The van der Waals surface area contributed by atoms with Crippen molar-refractivity contribution in [3.05, 3.63) is 29.8 Å². The first-order valence-corrected chi connectivity index (χ1v) is 9.51. The second-order valence-electron chi connectivity index (χ2n) is 5.87. The molecule has 1 heterocycles. The minimum atomic E-state index is -5.95. The normalized spacial score (nSPS) is 17.0. The zero-order valence-corrected chi connectivity index (χ0v) is 14.7. The van der Waals surface area contributed by atoms with Crippen LogP contribution in [0, 0.1) is 0 Å². The second-order valence-corrected chi connectivity index (χ2v) is 8.20. The molecule has 1 aromatic carbocycles. The fourth-order valence-electron chi connectivity index (χ4n) is 2.22. The Balaban J connectivity index is 1.99. The number of ketones is 1. The van der Waals surface area contributed by atoms with Crippen molar-refractivity contribution >= 4 is 16.7 Å². The Kier molecular flexibility index (Phi) is 6.69. The molecule has 11 heteroatoms. The molecule has 1 fully saturated rings. The van der Waals surface area contributed by atoms with E-state index in [0.29, 0.717) is 19.0 Å². The fourth-order valence-corrected chi connectivity index (χ4v) is 3.96. The van der Waals surface area contributed by atoms with Gasteiger partial charge in [0.1, 0.15) is 23.9 Å². The highest BCUT2D eigenvalue weighted by molar-refractivity contribution is 7.97. The Hall–Kier alpha value is -1.46. The second kappa shape index (κ2) is 8.27. The molecule has 0 unspecified atom stereocenters. The lowest BCUT2D eigenvalue weighted by Gasteiger charge is -2.31. The predicted octanol–water partition coefficient (Wildman–Crippen LogP) is 2.75. The molecule has 1 aliphatic rings.